The fourth-order valence-electron chi connectivity index (χ4n) is 3.07. The van der Waals surface area contributed by atoms with E-state index in [0.717, 1.165) is 5.56 Å². The predicted octanol–water partition coefficient (Wildman–Crippen LogP) is 4.14. The van der Waals surface area contributed by atoms with Crippen LogP contribution in [-0.2, 0) is 9.53 Å². The lowest BCUT2D eigenvalue weighted by Crippen LogP contribution is -2.20. The van der Waals surface area contributed by atoms with Crippen LogP contribution in [0, 0.1) is 0 Å². The van der Waals surface area contributed by atoms with Gasteiger partial charge in [0.1, 0.15) is 12.4 Å². The molecule has 1 aliphatic rings. The van der Waals surface area contributed by atoms with Crippen LogP contribution in [0.5, 0.6) is 5.75 Å². The minimum atomic E-state index is -0.588. The first-order valence-corrected chi connectivity index (χ1v) is 9.69. The van der Waals surface area contributed by atoms with E-state index in [1.165, 1.54) is 0 Å². The third-order valence-corrected chi connectivity index (χ3v) is 4.73. The van der Waals surface area contributed by atoms with Crippen LogP contribution in [0.25, 0.3) is 6.08 Å². The number of carbonyl (C=O) groups excluding carboxylic acids is 3. The lowest BCUT2D eigenvalue weighted by atomic mass is 10.1. The Morgan fingerprint density at radius 2 is 1.55 bits per heavy atom. The Kier molecular flexibility index (Phi) is 5.89. The number of benzene rings is 3. The third kappa shape index (κ3) is 4.87. The highest BCUT2D eigenvalue weighted by atomic mass is 16.5. The van der Waals surface area contributed by atoms with Gasteiger partial charge in [0.25, 0.3) is 5.91 Å². The van der Waals surface area contributed by atoms with Crippen LogP contribution in [0.4, 0.5) is 5.69 Å². The van der Waals surface area contributed by atoms with Crippen molar-refractivity contribution in [1.82, 2.24) is 0 Å². The van der Waals surface area contributed by atoms with E-state index < -0.39 is 5.97 Å². The number of esters is 1. The molecule has 0 bridgehead atoms. The molecule has 1 amide bonds. The zero-order valence-electron chi connectivity index (χ0n) is 16.5. The topological polar surface area (TPSA) is 81.7 Å². The summed E-state index contributed by atoms with van der Waals surface area (Å²) in [6.45, 7) is -0.284. The molecule has 0 aliphatic carbocycles. The van der Waals surface area contributed by atoms with Gasteiger partial charge in [-0.25, -0.2) is 4.79 Å². The number of carbonyl (C=O) groups is 3. The number of ether oxygens (including phenoxy) is 2. The molecule has 1 aliphatic heterocycles. The maximum atomic E-state index is 12.4. The first-order valence-electron chi connectivity index (χ1n) is 9.69. The molecule has 0 saturated heterocycles. The predicted molar refractivity (Wildman–Crippen MR) is 116 cm³/mol. The van der Waals surface area contributed by atoms with Crippen LogP contribution < -0.4 is 10.1 Å². The zero-order chi connectivity index (χ0) is 21.6. The zero-order valence-corrected chi connectivity index (χ0v) is 16.5. The van der Waals surface area contributed by atoms with E-state index >= 15 is 0 Å². The Balaban J connectivity index is 1.32. The Hall–Kier alpha value is -4.19. The van der Waals surface area contributed by atoms with Crippen LogP contribution in [-0.4, -0.2) is 30.9 Å². The second-order valence-electron chi connectivity index (χ2n) is 6.89. The van der Waals surface area contributed by atoms with E-state index in [9.17, 15) is 14.4 Å². The molecule has 0 radical (unpaired) electrons. The summed E-state index contributed by atoms with van der Waals surface area (Å²) < 4.78 is 10.7. The van der Waals surface area contributed by atoms with Crippen LogP contribution in [0.3, 0.4) is 0 Å². The Morgan fingerprint density at radius 1 is 0.839 bits per heavy atom. The van der Waals surface area contributed by atoms with Crippen molar-refractivity contribution in [3.8, 4) is 5.75 Å². The number of hydrogen-bond donors (Lipinski definition) is 1. The molecule has 0 spiro atoms. The van der Waals surface area contributed by atoms with Crippen molar-refractivity contribution in [3.63, 3.8) is 0 Å². The maximum absolute atomic E-state index is 12.4. The summed E-state index contributed by atoms with van der Waals surface area (Å²) in [7, 11) is 0. The molecule has 1 N–H and O–H groups in total. The quantitative estimate of drug-likeness (QED) is 0.485. The highest BCUT2D eigenvalue weighted by Gasteiger charge is 2.19. The van der Waals surface area contributed by atoms with Gasteiger partial charge >= 0.3 is 5.97 Å². The third-order valence-electron chi connectivity index (χ3n) is 4.73. The van der Waals surface area contributed by atoms with Crippen LogP contribution in [0.15, 0.2) is 84.4 Å². The Labute approximate surface area is 179 Å². The van der Waals surface area contributed by atoms with Crippen molar-refractivity contribution >= 4 is 29.4 Å². The number of para-hydroxylation sites is 1. The lowest BCUT2D eigenvalue weighted by Gasteiger charge is -2.16. The number of hydrogen-bond acceptors (Lipinski definition) is 5. The standard InChI is InChI=1S/C25H19NO5/c27-22(16-31-25(29)20-14-19-8-4-5-9-23(19)30-15-20)17-10-12-21(13-11-17)26-24(28)18-6-2-1-3-7-18/h1-14H,15-16H2,(H,26,28). The number of amides is 1. The van der Waals surface area contributed by atoms with Crippen molar-refractivity contribution in [3.05, 3.63) is 101 Å². The number of rotatable bonds is 6. The summed E-state index contributed by atoms with van der Waals surface area (Å²) in [6, 6.07) is 22.6. The molecule has 3 aromatic carbocycles. The molecule has 0 saturated carbocycles. The maximum Gasteiger partial charge on any atom is 0.337 e. The van der Waals surface area contributed by atoms with E-state index in [-0.39, 0.29) is 24.9 Å². The highest BCUT2D eigenvalue weighted by molar-refractivity contribution is 6.05. The van der Waals surface area contributed by atoms with Crippen molar-refractivity contribution in [1.29, 1.82) is 0 Å². The molecule has 4 rings (SSSR count). The van der Waals surface area contributed by atoms with Gasteiger partial charge in [-0.15, -0.1) is 0 Å². The van der Waals surface area contributed by atoms with Gasteiger partial charge in [-0.2, -0.15) is 0 Å². The smallest absolute Gasteiger partial charge is 0.337 e. The van der Waals surface area contributed by atoms with Gasteiger partial charge in [-0.3, -0.25) is 9.59 Å². The number of ketones is 1. The monoisotopic (exact) mass is 413 g/mol. The molecular formula is C25H19NO5. The van der Waals surface area contributed by atoms with Gasteiger partial charge in [-0.1, -0.05) is 36.4 Å². The average Bonchev–Trinajstić information content (AvgIpc) is 2.83. The van der Waals surface area contributed by atoms with E-state index in [0.29, 0.717) is 28.1 Å². The van der Waals surface area contributed by atoms with Gasteiger partial charge in [0.15, 0.2) is 12.4 Å². The van der Waals surface area contributed by atoms with Crippen molar-refractivity contribution in [2.24, 2.45) is 0 Å². The van der Waals surface area contributed by atoms with Gasteiger partial charge < -0.3 is 14.8 Å². The number of Topliss-reactive ketones (excluding diaryl/α,β-unsaturated/α-hetero) is 1. The van der Waals surface area contributed by atoms with E-state index in [1.54, 1.807) is 54.6 Å². The summed E-state index contributed by atoms with van der Waals surface area (Å²) >= 11 is 0. The summed E-state index contributed by atoms with van der Waals surface area (Å²) in [5, 5.41) is 2.77. The van der Waals surface area contributed by atoms with Crippen LogP contribution in [0.1, 0.15) is 26.3 Å². The summed E-state index contributed by atoms with van der Waals surface area (Å²) in [4.78, 5) is 36.8. The second-order valence-corrected chi connectivity index (χ2v) is 6.89. The molecule has 154 valence electrons. The van der Waals surface area contributed by atoms with Gasteiger partial charge in [0.05, 0.1) is 5.57 Å². The van der Waals surface area contributed by atoms with E-state index in [1.807, 2.05) is 30.3 Å². The molecule has 6 nitrogen and oxygen atoms in total. The molecule has 31 heavy (non-hydrogen) atoms. The van der Waals surface area contributed by atoms with Crippen LogP contribution >= 0.6 is 0 Å². The fraction of sp³-hybridized carbons (Fsp3) is 0.0800. The highest BCUT2D eigenvalue weighted by Crippen LogP contribution is 2.26. The van der Waals surface area contributed by atoms with Gasteiger partial charge in [0, 0.05) is 22.4 Å². The SMILES string of the molecule is O=C(OCC(=O)c1ccc(NC(=O)c2ccccc2)cc1)C1=Cc2ccccc2OC1. The average molecular weight is 413 g/mol. The van der Waals surface area contributed by atoms with Gasteiger partial charge in [-0.05, 0) is 48.5 Å². The number of fused-ring (bicyclic) bond motifs is 1. The first-order chi connectivity index (χ1) is 15.1. The van der Waals surface area contributed by atoms with Crippen molar-refractivity contribution in [2.45, 2.75) is 0 Å². The Bertz CT molecular complexity index is 1150. The summed E-state index contributed by atoms with van der Waals surface area (Å²) in [6.07, 6.45) is 1.70. The molecule has 1 heterocycles. The Morgan fingerprint density at radius 3 is 2.32 bits per heavy atom. The molecule has 0 atom stereocenters. The van der Waals surface area contributed by atoms with Gasteiger partial charge in [0.2, 0.25) is 0 Å². The molecule has 0 fully saturated rings. The number of anilines is 1. The minimum absolute atomic E-state index is 0.0971. The van der Waals surface area contributed by atoms with E-state index in [2.05, 4.69) is 5.32 Å². The normalized spacial score (nSPS) is 12.1. The van der Waals surface area contributed by atoms with Crippen LogP contribution in [0.2, 0.25) is 0 Å². The number of nitrogens with one attached hydrogen (secondary N) is 1. The molecule has 0 aromatic heterocycles. The summed E-state index contributed by atoms with van der Waals surface area (Å²) in [5.41, 5.74) is 2.62. The van der Waals surface area contributed by atoms with Crippen molar-refractivity contribution < 1.29 is 23.9 Å². The largest absolute Gasteiger partial charge is 0.488 e. The molecular weight excluding hydrogens is 394 g/mol. The molecule has 0 unspecified atom stereocenters. The fourth-order valence-corrected chi connectivity index (χ4v) is 3.07. The first kappa shape index (κ1) is 20.1. The molecule has 3 aromatic rings. The summed E-state index contributed by atoms with van der Waals surface area (Å²) in [5.74, 6) is -0.464. The minimum Gasteiger partial charge on any atom is -0.488 e. The second kappa shape index (κ2) is 9.09. The van der Waals surface area contributed by atoms with E-state index in [4.69, 9.17) is 9.47 Å². The lowest BCUT2D eigenvalue weighted by molar-refractivity contribution is -0.138. The van der Waals surface area contributed by atoms with Crippen molar-refractivity contribution in [2.75, 3.05) is 18.5 Å². The molecule has 6 heteroatoms.